The van der Waals surface area contributed by atoms with Gasteiger partial charge < -0.3 is 10.4 Å². The predicted octanol–water partition coefficient (Wildman–Crippen LogP) is 4.21. The number of fused-ring (bicyclic) bond motifs is 1. The van der Waals surface area contributed by atoms with Crippen LogP contribution in [0.1, 0.15) is 43.8 Å². The molecule has 0 radical (unpaired) electrons. The van der Waals surface area contributed by atoms with E-state index in [9.17, 15) is 5.11 Å². The highest BCUT2D eigenvalue weighted by Crippen LogP contribution is 2.24. The molecule has 0 bridgehead atoms. The van der Waals surface area contributed by atoms with E-state index >= 15 is 0 Å². The van der Waals surface area contributed by atoms with E-state index in [1.54, 1.807) is 13.8 Å². The minimum absolute atomic E-state index is 0.203. The lowest BCUT2D eigenvalue weighted by molar-refractivity contribution is 0.143. The molecule has 0 aliphatic carbocycles. The van der Waals surface area contributed by atoms with Crippen LogP contribution in [0.25, 0.3) is 10.8 Å². The molecule has 1 heterocycles. The van der Waals surface area contributed by atoms with E-state index in [4.69, 9.17) is 0 Å². The number of benzene rings is 2. The molecule has 1 aromatic heterocycles. The molecule has 0 aliphatic heterocycles. The molecule has 0 spiro atoms. The van der Waals surface area contributed by atoms with Crippen molar-refractivity contribution in [2.24, 2.45) is 0 Å². The average molecular weight is 344 g/mol. The van der Waals surface area contributed by atoms with Crippen LogP contribution in [-0.2, 0) is 6.54 Å². The maximum absolute atomic E-state index is 9.72. The molecular formula is C23H24N2O. The van der Waals surface area contributed by atoms with Crippen LogP contribution in [0.15, 0.2) is 60.7 Å². The summed E-state index contributed by atoms with van der Waals surface area (Å²) in [6, 6.07) is 20.8. The Morgan fingerprint density at radius 1 is 1.04 bits per heavy atom. The molecule has 0 aliphatic rings. The second-order valence-corrected chi connectivity index (χ2v) is 6.99. The normalized spacial score (nSPS) is 12.5. The van der Waals surface area contributed by atoms with Gasteiger partial charge in [-0.1, -0.05) is 54.5 Å². The summed E-state index contributed by atoms with van der Waals surface area (Å²) in [6.45, 7) is 6.15. The third kappa shape index (κ3) is 4.70. The summed E-state index contributed by atoms with van der Waals surface area (Å²) in [4.78, 5) is 4.56. The van der Waals surface area contributed by atoms with Gasteiger partial charge in [-0.3, -0.25) is 0 Å². The Balaban J connectivity index is 1.73. The summed E-state index contributed by atoms with van der Waals surface area (Å²) in [5, 5.41) is 15.8. The topological polar surface area (TPSA) is 45.1 Å². The second kappa shape index (κ2) is 7.70. The zero-order valence-corrected chi connectivity index (χ0v) is 15.5. The molecule has 3 nitrogen and oxygen atoms in total. The fourth-order valence-electron chi connectivity index (χ4n) is 2.86. The third-order valence-corrected chi connectivity index (χ3v) is 4.18. The van der Waals surface area contributed by atoms with Crippen molar-refractivity contribution in [1.29, 1.82) is 0 Å². The summed E-state index contributed by atoms with van der Waals surface area (Å²) in [6.07, 6.45) is 0. The Morgan fingerprint density at radius 3 is 2.58 bits per heavy atom. The van der Waals surface area contributed by atoms with Crippen LogP contribution in [-0.4, -0.2) is 15.7 Å². The van der Waals surface area contributed by atoms with Gasteiger partial charge in [0.05, 0.1) is 5.69 Å². The fourth-order valence-corrected chi connectivity index (χ4v) is 2.86. The smallest absolute Gasteiger partial charge is 0.120 e. The monoisotopic (exact) mass is 344 g/mol. The molecule has 3 aromatic rings. The van der Waals surface area contributed by atoms with E-state index in [-0.39, 0.29) is 6.04 Å². The van der Waals surface area contributed by atoms with Crippen molar-refractivity contribution in [3.8, 4) is 11.8 Å². The number of hydrogen-bond donors (Lipinski definition) is 2. The maximum Gasteiger partial charge on any atom is 0.120 e. The molecule has 0 fully saturated rings. The van der Waals surface area contributed by atoms with Crippen molar-refractivity contribution in [3.05, 3.63) is 77.6 Å². The summed E-state index contributed by atoms with van der Waals surface area (Å²) in [5.41, 5.74) is 1.86. The van der Waals surface area contributed by atoms with Gasteiger partial charge in [0.2, 0.25) is 0 Å². The lowest BCUT2D eigenvalue weighted by atomic mass is 10.00. The van der Waals surface area contributed by atoms with Gasteiger partial charge in [-0.05, 0) is 55.2 Å². The van der Waals surface area contributed by atoms with Crippen LogP contribution in [0, 0.1) is 11.8 Å². The zero-order chi connectivity index (χ0) is 18.6. The largest absolute Gasteiger partial charge is 0.378 e. The first-order chi connectivity index (χ1) is 12.4. The van der Waals surface area contributed by atoms with Crippen molar-refractivity contribution in [3.63, 3.8) is 0 Å². The zero-order valence-electron chi connectivity index (χ0n) is 15.5. The summed E-state index contributed by atoms with van der Waals surface area (Å²) < 4.78 is 0. The molecule has 132 valence electrons. The van der Waals surface area contributed by atoms with Crippen molar-refractivity contribution in [2.75, 3.05) is 0 Å². The number of aromatic nitrogens is 1. The van der Waals surface area contributed by atoms with Gasteiger partial charge in [0, 0.05) is 12.6 Å². The van der Waals surface area contributed by atoms with Gasteiger partial charge in [0.15, 0.2) is 0 Å². The number of hydrogen-bond acceptors (Lipinski definition) is 3. The first-order valence-electron chi connectivity index (χ1n) is 8.85. The van der Waals surface area contributed by atoms with E-state index < -0.39 is 5.60 Å². The minimum Gasteiger partial charge on any atom is -0.378 e. The van der Waals surface area contributed by atoms with E-state index in [1.807, 2.05) is 18.2 Å². The molecule has 3 heteroatoms. The van der Waals surface area contributed by atoms with E-state index in [1.165, 1.54) is 16.3 Å². The highest BCUT2D eigenvalue weighted by Gasteiger charge is 2.09. The Morgan fingerprint density at radius 2 is 1.77 bits per heavy atom. The SMILES string of the molecule is CC(NCc1cccc(C#CC(C)(C)O)n1)c1cccc2ccccc12. The second-order valence-electron chi connectivity index (χ2n) is 6.99. The lowest BCUT2D eigenvalue weighted by Gasteiger charge is -2.16. The van der Waals surface area contributed by atoms with Crippen LogP contribution in [0.4, 0.5) is 0 Å². The first kappa shape index (κ1) is 18.1. The highest BCUT2D eigenvalue weighted by atomic mass is 16.3. The molecule has 26 heavy (non-hydrogen) atoms. The van der Waals surface area contributed by atoms with Gasteiger partial charge in [0.1, 0.15) is 11.3 Å². The Bertz CT molecular complexity index is 956. The summed E-state index contributed by atoms with van der Waals surface area (Å²) in [5.74, 6) is 5.73. The number of pyridine rings is 1. The van der Waals surface area contributed by atoms with Gasteiger partial charge in [-0.25, -0.2) is 4.98 Å². The molecule has 0 amide bonds. The highest BCUT2D eigenvalue weighted by molar-refractivity contribution is 5.86. The quantitative estimate of drug-likeness (QED) is 0.697. The minimum atomic E-state index is -1.02. The number of nitrogens with zero attached hydrogens (tertiary/aromatic N) is 1. The molecule has 0 saturated carbocycles. The Kier molecular flexibility index (Phi) is 5.37. The summed E-state index contributed by atoms with van der Waals surface area (Å²) in [7, 11) is 0. The van der Waals surface area contributed by atoms with Crippen molar-refractivity contribution in [1.82, 2.24) is 10.3 Å². The van der Waals surface area contributed by atoms with E-state index in [0.717, 1.165) is 5.69 Å². The number of rotatable bonds is 4. The van der Waals surface area contributed by atoms with Gasteiger partial charge in [-0.15, -0.1) is 0 Å². The van der Waals surface area contributed by atoms with Crippen LogP contribution in [0.5, 0.6) is 0 Å². The molecule has 2 N–H and O–H groups in total. The molecule has 1 atom stereocenters. The van der Waals surface area contributed by atoms with E-state index in [0.29, 0.717) is 12.2 Å². The van der Waals surface area contributed by atoms with Crippen LogP contribution in [0.2, 0.25) is 0 Å². The Hall–Kier alpha value is -2.67. The lowest BCUT2D eigenvalue weighted by Crippen LogP contribution is -2.19. The molecular weight excluding hydrogens is 320 g/mol. The third-order valence-electron chi connectivity index (χ3n) is 4.18. The van der Waals surface area contributed by atoms with Gasteiger partial charge >= 0.3 is 0 Å². The van der Waals surface area contributed by atoms with Gasteiger partial charge in [-0.2, -0.15) is 0 Å². The van der Waals surface area contributed by atoms with E-state index in [2.05, 4.69) is 71.5 Å². The Labute approximate surface area is 155 Å². The molecule has 1 unspecified atom stereocenters. The molecule has 2 aromatic carbocycles. The first-order valence-corrected chi connectivity index (χ1v) is 8.85. The van der Waals surface area contributed by atoms with Crippen LogP contribution < -0.4 is 5.32 Å². The summed E-state index contributed by atoms with van der Waals surface area (Å²) >= 11 is 0. The van der Waals surface area contributed by atoms with Crippen LogP contribution in [0.3, 0.4) is 0 Å². The molecule has 3 rings (SSSR count). The van der Waals surface area contributed by atoms with Crippen molar-refractivity contribution >= 4 is 10.8 Å². The van der Waals surface area contributed by atoms with Gasteiger partial charge in [0.25, 0.3) is 0 Å². The van der Waals surface area contributed by atoms with Crippen LogP contribution >= 0.6 is 0 Å². The fraction of sp³-hybridized carbons (Fsp3) is 0.261. The number of nitrogens with one attached hydrogen (secondary N) is 1. The standard InChI is InChI=1S/C23H24N2O/c1-17(21-13-6-9-18-8-4-5-12-22(18)21)24-16-20-11-7-10-19(25-20)14-15-23(2,3)26/h4-13,17,24,26H,16H2,1-3H3. The number of aliphatic hydroxyl groups is 1. The molecule has 0 saturated heterocycles. The average Bonchev–Trinajstić information content (AvgIpc) is 2.64. The predicted molar refractivity (Wildman–Crippen MR) is 107 cm³/mol. The van der Waals surface area contributed by atoms with Crippen molar-refractivity contribution < 1.29 is 5.11 Å². The maximum atomic E-state index is 9.72. The van der Waals surface area contributed by atoms with Crippen molar-refractivity contribution in [2.45, 2.75) is 39.0 Å².